The fourth-order valence-electron chi connectivity index (χ4n) is 2.23. The second-order valence-electron chi connectivity index (χ2n) is 4.68. The van der Waals surface area contributed by atoms with E-state index < -0.39 is 24.6 Å². The molecule has 0 unspecified atom stereocenters. The van der Waals surface area contributed by atoms with Crippen molar-refractivity contribution in [2.75, 3.05) is 13.2 Å². The Balaban J connectivity index is 1.84. The summed E-state index contributed by atoms with van der Waals surface area (Å²) in [4.78, 5) is 34.2. The summed E-state index contributed by atoms with van der Waals surface area (Å²) in [5.41, 5.74) is 2.83. The molecule has 2 amide bonds. The van der Waals surface area contributed by atoms with Gasteiger partial charge in [0.2, 0.25) is 0 Å². The molecule has 1 N–H and O–H groups in total. The van der Waals surface area contributed by atoms with Gasteiger partial charge in [0.1, 0.15) is 0 Å². The van der Waals surface area contributed by atoms with Gasteiger partial charge in [0, 0.05) is 0 Å². The van der Waals surface area contributed by atoms with Crippen molar-refractivity contribution in [3.63, 3.8) is 0 Å². The van der Waals surface area contributed by atoms with E-state index in [-0.39, 0.29) is 6.61 Å². The van der Waals surface area contributed by atoms with Crippen LogP contribution in [0.25, 0.3) is 0 Å². The van der Waals surface area contributed by atoms with Crippen LogP contribution in [-0.2, 0) is 27.1 Å². The van der Waals surface area contributed by atoms with Crippen LogP contribution in [0.1, 0.15) is 34.8 Å². The Morgan fingerprint density at radius 2 is 1.90 bits per heavy atom. The molecule has 0 saturated carbocycles. The minimum Gasteiger partial charge on any atom is -0.452 e. The summed E-state index contributed by atoms with van der Waals surface area (Å²) in [5, 5.41) is 1.95. The molecular weight excluding hydrogens is 274 g/mol. The number of benzene rings is 1. The number of esters is 1. The van der Waals surface area contributed by atoms with Gasteiger partial charge in [-0.25, -0.2) is 9.59 Å². The molecule has 0 fully saturated rings. The van der Waals surface area contributed by atoms with Crippen LogP contribution < -0.4 is 5.32 Å². The minimum atomic E-state index is -0.851. The minimum absolute atomic E-state index is 0.161. The number of hydrogen-bond donors (Lipinski definition) is 1. The molecule has 1 aliphatic carbocycles. The molecule has 21 heavy (non-hydrogen) atoms. The largest absolute Gasteiger partial charge is 0.452 e. The number of fused-ring (bicyclic) bond motifs is 1. The van der Waals surface area contributed by atoms with Crippen LogP contribution in [0.15, 0.2) is 18.2 Å². The molecule has 0 saturated heterocycles. The molecule has 0 bridgehead atoms. The molecular formula is C15H17NO5. The van der Waals surface area contributed by atoms with Crippen molar-refractivity contribution in [1.82, 2.24) is 5.32 Å². The molecule has 0 aromatic heterocycles. The number of carbonyl (C=O) groups is 3. The van der Waals surface area contributed by atoms with Crippen molar-refractivity contribution in [1.29, 1.82) is 0 Å². The van der Waals surface area contributed by atoms with Gasteiger partial charge in [0.15, 0.2) is 6.61 Å². The highest BCUT2D eigenvalue weighted by atomic mass is 16.6. The van der Waals surface area contributed by atoms with Gasteiger partial charge in [-0.2, -0.15) is 0 Å². The van der Waals surface area contributed by atoms with E-state index >= 15 is 0 Å². The van der Waals surface area contributed by atoms with E-state index in [1.165, 1.54) is 5.56 Å². The van der Waals surface area contributed by atoms with E-state index in [0.717, 1.165) is 24.8 Å². The zero-order chi connectivity index (χ0) is 15.2. The first-order valence-corrected chi connectivity index (χ1v) is 6.85. The number of aryl methyl sites for hydroxylation is 2. The lowest BCUT2D eigenvalue weighted by atomic mass is 10.1. The van der Waals surface area contributed by atoms with Crippen LogP contribution in [0.3, 0.4) is 0 Å². The quantitative estimate of drug-likeness (QED) is 0.852. The lowest BCUT2D eigenvalue weighted by molar-refractivity contribution is -0.123. The summed E-state index contributed by atoms with van der Waals surface area (Å²) >= 11 is 0. The zero-order valence-electron chi connectivity index (χ0n) is 11.8. The third kappa shape index (κ3) is 4.05. The van der Waals surface area contributed by atoms with Crippen molar-refractivity contribution >= 4 is 18.0 Å². The van der Waals surface area contributed by atoms with E-state index in [4.69, 9.17) is 4.74 Å². The van der Waals surface area contributed by atoms with Crippen LogP contribution >= 0.6 is 0 Å². The number of amides is 2. The average Bonchev–Trinajstić information content (AvgIpc) is 2.92. The van der Waals surface area contributed by atoms with Gasteiger partial charge in [-0.05, 0) is 49.4 Å². The Hall–Kier alpha value is -2.37. The number of ether oxygens (including phenoxy) is 2. The highest BCUT2D eigenvalue weighted by molar-refractivity contribution is 5.95. The van der Waals surface area contributed by atoms with Gasteiger partial charge in [-0.15, -0.1) is 0 Å². The number of alkyl carbamates (subject to hydrolysis) is 1. The average molecular weight is 291 g/mol. The Labute approximate surface area is 122 Å². The molecule has 2 rings (SSSR count). The van der Waals surface area contributed by atoms with Gasteiger partial charge in [-0.3, -0.25) is 10.1 Å². The van der Waals surface area contributed by atoms with Crippen LogP contribution in [0.4, 0.5) is 4.79 Å². The van der Waals surface area contributed by atoms with Gasteiger partial charge in [-0.1, -0.05) is 6.07 Å². The normalized spacial score (nSPS) is 12.4. The molecule has 0 aliphatic heterocycles. The summed E-state index contributed by atoms with van der Waals surface area (Å²) < 4.78 is 9.41. The summed E-state index contributed by atoms with van der Waals surface area (Å²) in [7, 11) is 0. The molecule has 6 nitrogen and oxygen atoms in total. The topological polar surface area (TPSA) is 81.7 Å². The number of hydrogen-bond acceptors (Lipinski definition) is 5. The molecule has 1 aromatic carbocycles. The van der Waals surface area contributed by atoms with Crippen LogP contribution in [0.2, 0.25) is 0 Å². The smallest absolute Gasteiger partial charge is 0.413 e. The zero-order valence-corrected chi connectivity index (χ0v) is 11.8. The van der Waals surface area contributed by atoms with Crippen molar-refractivity contribution < 1.29 is 23.9 Å². The third-order valence-corrected chi connectivity index (χ3v) is 3.19. The lowest BCUT2D eigenvalue weighted by Gasteiger charge is -2.07. The van der Waals surface area contributed by atoms with Gasteiger partial charge < -0.3 is 9.47 Å². The molecule has 1 aromatic rings. The second kappa shape index (κ2) is 6.88. The Morgan fingerprint density at radius 3 is 2.67 bits per heavy atom. The van der Waals surface area contributed by atoms with Gasteiger partial charge in [0.25, 0.3) is 5.91 Å². The maximum absolute atomic E-state index is 11.8. The first-order chi connectivity index (χ1) is 10.1. The third-order valence-electron chi connectivity index (χ3n) is 3.19. The second-order valence-corrected chi connectivity index (χ2v) is 4.68. The van der Waals surface area contributed by atoms with E-state index in [9.17, 15) is 14.4 Å². The van der Waals surface area contributed by atoms with E-state index in [1.54, 1.807) is 19.1 Å². The van der Waals surface area contributed by atoms with Crippen molar-refractivity contribution in [3.8, 4) is 0 Å². The highest BCUT2D eigenvalue weighted by Gasteiger charge is 2.16. The van der Waals surface area contributed by atoms with Crippen LogP contribution in [-0.4, -0.2) is 31.2 Å². The Bertz CT molecular complexity index is 567. The maximum Gasteiger partial charge on any atom is 0.413 e. The van der Waals surface area contributed by atoms with Crippen molar-refractivity contribution in [2.45, 2.75) is 26.2 Å². The van der Waals surface area contributed by atoms with Crippen molar-refractivity contribution in [3.05, 3.63) is 34.9 Å². The fourth-order valence-corrected chi connectivity index (χ4v) is 2.23. The number of nitrogens with one attached hydrogen (secondary N) is 1. The molecule has 6 heteroatoms. The maximum atomic E-state index is 11.8. The predicted octanol–water partition coefficient (Wildman–Crippen LogP) is 1.60. The number of carbonyl (C=O) groups excluding carboxylic acids is 3. The van der Waals surface area contributed by atoms with E-state index in [0.29, 0.717) is 5.56 Å². The first-order valence-electron chi connectivity index (χ1n) is 6.85. The van der Waals surface area contributed by atoms with Crippen LogP contribution in [0, 0.1) is 0 Å². The molecule has 112 valence electrons. The standard InChI is InChI=1S/C15H17NO5/c1-2-20-15(19)16-13(17)9-21-14(18)12-7-6-10-4-3-5-11(10)8-12/h6-8H,2-5,9H2,1H3,(H,16,17,19). The number of imide groups is 1. The van der Waals surface area contributed by atoms with Crippen LogP contribution in [0.5, 0.6) is 0 Å². The fraction of sp³-hybridized carbons (Fsp3) is 0.400. The van der Waals surface area contributed by atoms with E-state index in [1.807, 2.05) is 11.4 Å². The van der Waals surface area contributed by atoms with Crippen molar-refractivity contribution in [2.24, 2.45) is 0 Å². The number of rotatable bonds is 4. The Morgan fingerprint density at radius 1 is 1.14 bits per heavy atom. The highest BCUT2D eigenvalue weighted by Crippen LogP contribution is 2.23. The molecule has 1 aliphatic rings. The monoisotopic (exact) mass is 291 g/mol. The Kier molecular flexibility index (Phi) is 4.92. The molecule has 0 heterocycles. The van der Waals surface area contributed by atoms with Gasteiger partial charge in [0.05, 0.1) is 12.2 Å². The molecule has 0 spiro atoms. The predicted molar refractivity (Wildman–Crippen MR) is 73.9 cm³/mol. The molecule has 0 radical (unpaired) electrons. The summed E-state index contributed by atoms with van der Waals surface area (Å²) in [6.07, 6.45) is 2.23. The van der Waals surface area contributed by atoms with Gasteiger partial charge >= 0.3 is 12.1 Å². The van der Waals surface area contributed by atoms with E-state index in [2.05, 4.69) is 4.74 Å². The molecule has 0 atom stereocenters. The SMILES string of the molecule is CCOC(=O)NC(=O)COC(=O)c1ccc2c(c1)CCC2. The summed E-state index contributed by atoms with van der Waals surface area (Å²) in [6.45, 7) is 1.26. The lowest BCUT2D eigenvalue weighted by Crippen LogP contribution is -2.34. The first kappa shape index (κ1) is 15.0. The summed E-state index contributed by atoms with van der Waals surface area (Å²) in [5.74, 6) is -1.30. The summed E-state index contributed by atoms with van der Waals surface area (Å²) in [6, 6.07) is 5.40.